The van der Waals surface area contributed by atoms with Crippen LogP contribution in [0.4, 0.5) is 10.5 Å². The summed E-state index contributed by atoms with van der Waals surface area (Å²) in [6.45, 7) is 1.95. The maximum absolute atomic E-state index is 12.6. The van der Waals surface area contributed by atoms with Crippen LogP contribution in [0.3, 0.4) is 0 Å². The molecule has 0 saturated heterocycles. The zero-order valence-electron chi connectivity index (χ0n) is 17.0. The second kappa shape index (κ2) is 8.28. The molecule has 0 aromatic heterocycles. The van der Waals surface area contributed by atoms with E-state index in [9.17, 15) is 14.4 Å². The van der Waals surface area contributed by atoms with Crippen LogP contribution in [-0.2, 0) is 0 Å². The standard InChI is InChI=1S/C25H19NO5/c1-15-7-10-17(11-8-15)26-25(29)31-21-12-9-16(14-22(21)30-2)13-20-23(27)18-5-3-4-6-19(18)24(20)28/h3-14H,1-2H3,(H,26,29). The Morgan fingerprint density at radius 3 is 2.13 bits per heavy atom. The normalized spacial score (nSPS) is 12.4. The zero-order valence-corrected chi connectivity index (χ0v) is 17.0. The van der Waals surface area contributed by atoms with Crippen LogP contribution in [0.1, 0.15) is 31.8 Å². The fourth-order valence-electron chi connectivity index (χ4n) is 3.31. The highest BCUT2D eigenvalue weighted by Gasteiger charge is 2.32. The number of Topliss-reactive ketones (excluding diaryl/α,β-unsaturated/α-hetero) is 2. The van der Waals surface area contributed by atoms with Crippen molar-refractivity contribution in [3.05, 3.63) is 94.6 Å². The molecule has 0 unspecified atom stereocenters. The summed E-state index contributed by atoms with van der Waals surface area (Å²) >= 11 is 0. The van der Waals surface area contributed by atoms with E-state index in [0.29, 0.717) is 28.1 Å². The Balaban J connectivity index is 1.54. The second-order valence-electron chi connectivity index (χ2n) is 7.05. The van der Waals surface area contributed by atoms with E-state index < -0.39 is 6.09 Å². The van der Waals surface area contributed by atoms with Crippen LogP contribution < -0.4 is 14.8 Å². The number of hydrogen-bond acceptors (Lipinski definition) is 5. The zero-order chi connectivity index (χ0) is 22.0. The molecule has 154 valence electrons. The molecule has 0 heterocycles. The minimum atomic E-state index is -0.662. The summed E-state index contributed by atoms with van der Waals surface area (Å²) in [5.41, 5.74) is 3.15. The topological polar surface area (TPSA) is 81.7 Å². The molecule has 0 saturated carbocycles. The number of carbonyl (C=O) groups excluding carboxylic acids is 3. The van der Waals surface area contributed by atoms with Crippen molar-refractivity contribution in [3.63, 3.8) is 0 Å². The molecule has 0 radical (unpaired) electrons. The Morgan fingerprint density at radius 2 is 1.52 bits per heavy atom. The van der Waals surface area contributed by atoms with Crippen LogP contribution in [-0.4, -0.2) is 24.8 Å². The summed E-state index contributed by atoms with van der Waals surface area (Å²) in [6, 6.07) is 18.8. The number of anilines is 1. The number of amides is 1. The van der Waals surface area contributed by atoms with Crippen LogP contribution in [0.25, 0.3) is 6.08 Å². The van der Waals surface area contributed by atoms with E-state index in [1.54, 1.807) is 54.6 Å². The van der Waals surface area contributed by atoms with Gasteiger partial charge in [-0.05, 0) is 42.8 Å². The van der Waals surface area contributed by atoms with Crippen LogP contribution in [0, 0.1) is 6.92 Å². The first-order chi connectivity index (χ1) is 15.0. The van der Waals surface area contributed by atoms with Crippen molar-refractivity contribution in [1.82, 2.24) is 0 Å². The number of rotatable bonds is 4. The molecule has 1 amide bonds. The lowest BCUT2D eigenvalue weighted by Gasteiger charge is -2.11. The summed E-state index contributed by atoms with van der Waals surface area (Å²) in [5.74, 6) is -0.111. The third-order valence-corrected chi connectivity index (χ3v) is 4.90. The third kappa shape index (κ3) is 4.09. The van der Waals surface area contributed by atoms with Crippen molar-refractivity contribution in [2.75, 3.05) is 12.4 Å². The van der Waals surface area contributed by atoms with Gasteiger partial charge in [0.15, 0.2) is 23.1 Å². The minimum Gasteiger partial charge on any atom is -0.493 e. The summed E-state index contributed by atoms with van der Waals surface area (Å²) in [4.78, 5) is 37.4. The second-order valence-corrected chi connectivity index (χ2v) is 7.05. The number of benzene rings is 3. The number of nitrogens with one attached hydrogen (secondary N) is 1. The number of fused-ring (bicyclic) bond motifs is 1. The van der Waals surface area contributed by atoms with Crippen LogP contribution in [0.15, 0.2) is 72.3 Å². The molecule has 1 aliphatic carbocycles. The van der Waals surface area contributed by atoms with Gasteiger partial charge in [-0.1, -0.05) is 48.0 Å². The third-order valence-electron chi connectivity index (χ3n) is 4.90. The molecule has 1 aliphatic rings. The molecule has 0 fully saturated rings. The van der Waals surface area contributed by atoms with E-state index >= 15 is 0 Å². The van der Waals surface area contributed by atoms with Gasteiger partial charge >= 0.3 is 6.09 Å². The number of ether oxygens (including phenoxy) is 2. The van der Waals surface area contributed by atoms with Gasteiger partial charge in [0, 0.05) is 16.8 Å². The molecule has 6 nitrogen and oxygen atoms in total. The van der Waals surface area contributed by atoms with Crippen molar-refractivity contribution in [2.45, 2.75) is 6.92 Å². The summed E-state index contributed by atoms with van der Waals surface area (Å²) in [7, 11) is 1.44. The maximum Gasteiger partial charge on any atom is 0.417 e. The van der Waals surface area contributed by atoms with Crippen molar-refractivity contribution in [1.29, 1.82) is 0 Å². The molecule has 3 aromatic carbocycles. The first-order valence-corrected chi connectivity index (χ1v) is 9.60. The lowest BCUT2D eigenvalue weighted by atomic mass is 10.1. The van der Waals surface area contributed by atoms with Gasteiger partial charge in [-0.25, -0.2) is 4.79 Å². The molecular formula is C25H19NO5. The molecular weight excluding hydrogens is 394 g/mol. The highest BCUT2D eigenvalue weighted by Crippen LogP contribution is 2.32. The van der Waals surface area contributed by atoms with Gasteiger partial charge in [0.1, 0.15) is 0 Å². The Kier molecular flexibility index (Phi) is 5.37. The van der Waals surface area contributed by atoms with Crippen molar-refractivity contribution < 1.29 is 23.9 Å². The monoisotopic (exact) mass is 413 g/mol. The smallest absolute Gasteiger partial charge is 0.417 e. The Morgan fingerprint density at radius 1 is 0.871 bits per heavy atom. The summed E-state index contributed by atoms with van der Waals surface area (Å²) in [6.07, 6.45) is 0.855. The number of allylic oxidation sites excluding steroid dienone is 1. The van der Waals surface area contributed by atoms with E-state index in [1.807, 2.05) is 19.1 Å². The highest BCUT2D eigenvalue weighted by atomic mass is 16.6. The average Bonchev–Trinajstić information content (AvgIpc) is 3.01. The lowest BCUT2D eigenvalue weighted by molar-refractivity contribution is 0.0990. The molecule has 0 aliphatic heterocycles. The van der Waals surface area contributed by atoms with Crippen LogP contribution in [0.5, 0.6) is 11.5 Å². The van der Waals surface area contributed by atoms with Gasteiger partial charge in [0.2, 0.25) is 0 Å². The SMILES string of the molecule is COc1cc(C=C2C(=O)c3ccccc3C2=O)ccc1OC(=O)Nc1ccc(C)cc1. The van der Waals surface area contributed by atoms with E-state index in [4.69, 9.17) is 9.47 Å². The van der Waals surface area contributed by atoms with Gasteiger partial charge in [-0.15, -0.1) is 0 Å². The molecule has 0 spiro atoms. The van der Waals surface area contributed by atoms with Gasteiger partial charge in [-0.2, -0.15) is 0 Å². The molecule has 3 aromatic rings. The first-order valence-electron chi connectivity index (χ1n) is 9.60. The molecule has 0 atom stereocenters. The van der Waals surface area contributed by atoms with Gasteiger partial charge in [0.05, 0.1) is 12.7 Å². The number of methoxy groups -OCH3 is 1. The van der Waals surface area contributed by atoms with Gasteiger partial charge in [0.25, 0.3) is 0 Å². The van der Waals surface area contributed by atoms with E-state index in [0.717, 1.165) is 5.56 Å². The number of hydrogen-bond donors (Lipinski definition) is 1. The fourth-order valence-corrected chi connectivity index (χ4v) is 3.31. The van der Waals surface area contributed by atoms with E-state index in [1.165, 1.54) is 13.2 Å². The van der Waals surface area contributed by atoms with Crippen LogP contribution in [0.2, 0.25) is 0 Å². The fraction of sp³-hybridized carbons (Fsp3) is 0.0800. The Hall–Kier alpha value is -4.19. The molecule has 0 bridgehead atoms. The predicted octanol–water partition coefficient (Wildman–Crippen LogP) is 5.08. The van der Waals surface area contributed by atoms with Crippen LogP contribution >= 0.6 is 0 Å². The summed E-state index contributed by atoms with van der Waals surface area (Å²) in [5, 5.41) is 2.65. The molecule has 1 N–H and O–H groups in total. The van der Waals surface area contributed by atoms with E-state index in [-0.39, 0.29) is 22.9 Å². The van der Waals surface area contributed by atoms with Crippen molar-refractivity contribution >= 4 is 29.4 Å². The Bertz CT molecular complexity index is 1190. The maximum atomic E-state index is 12.6. The van der Waals surface area contributed by atoms with Crippen molar-refractivity contribution in [2.24, 2.45) is 0 Å². The highest BCUT2D eigenvalue weighted by molar-refractivity contribution is 6.41. The minimum absolute atomic E-state index is 0.0917. The largest absolute Gasteiger partial charge is 0.493 e. The first kappa shape index (κ1) is 20.1. The van der Waals surface area contributed by atoms with Gasteiger partial charge < -0.3 is 9.47 Å². The number of aryl methyl sites for hydroxylation is 1. The quantitative estimate of drug-likeness (QED) is 0.477. The molecule has 31 heavy (non-hydrogen) atoms. The molecule has 6 heteroatoms. The van der Waals surface area contributed by atoms with Crippen molar-refractivity contribution in [3.8, 4) is 11.5 Å². The lowest BCUT2D eigenvalue weighted by Crippen LogP contribution is -2.17. The average molecular weight is 413 g/mol. The predicted molar refractivity (Wildman–Crippen MR) is 117 cm³/mol. The number of ketones is 2. The van der Waals surface area contributed by atoms with E-state index in [2.05, 4.69) is 5.32 Å². The molecule has 4 rings (SSSR count). The van der Waals surface area contributed by atoms with Gasteiger partial charge in [-0.3, -0.25) is 14.9 Å². The summed E-state index contributed by atoms with van der Waals surface area (Å²) < 4.78 is 10.7. The number of carbonyl (C=O) groups is 3. The Labute approximate surface area is 179 Å².